The third-order valence-corrected chi connectivity index (χ3v) is 24.1. The molecule has 0 bridgehead atoms. The molecule has 668 valence electrons. The second-order valence-corrected chi connectivity index (χ2v) is 33.1. The first-order chi connectivity index (χ1) is 67.0. The molecule has 2 aromatic heterocycles. The highest BCUT2D eigenvalue weighted by molar-refractivity contribution is 5.87. The molecule has 0 unspecified atom stereocenters. The van der Waals surface area contributed by atoms with Gasteiger partial charge in [0.05, 0.1) is 0 Å². The summed E-state index contributed by atoms with van der Waals surface area (Å²) in [6, 6.07) is 158. The highest BCUT2D eigenvalue weighted by Crippen LogP contribution is 2.45. The Kier molecular flexibility index (Phi) is 32.6. The monoisotopic (exact) mass is 1760 g/mol. The minimum absolute atomic E-state index is 0.664. The zero-order valence-electron chi connectivity index (χ0n) is 80.2. The lowest BCUT2D eigenvalue weighted by Gasteiger charge is -2.11. The number of hydrogen-bond donors (Lipinski definition) is 0. The first kappa shape index (κ1) is 94.6. The normalized spacial score (nSPS) is 11.0. The number of nitrogens with zero attached hydrogens (tertiary/aromatic N) is 6. The highest BCUT2D eigenvalue weighted by Gasteiger charge is 2.25. The quantitative estimate of drug-likeness (QED) is 0.136. The molecule has 0 spiro atoms. The molecule has 136 heavy (non-hydrogen) atoms. The molecule has 2 heterocycles. The SMILES string of the molecule is CC.CC.CC.CC.Cc1cccc(-c2nc(-c3ccccc3)nc(-c3cccc(-c4ccc5c(c4)-c4ccc(-c6ccccc6)cc4C5)c3)n2)c1.Cc1cccc(-c2nc(-c3ccccc3)nc(-c3cccc(-c4ccc5c(c4)Cc4ccc(-c6ccccc6)cc4-5)c3)n2)c1.Cc1ccccc1.Cc1ccccc1.c1ccc2c(c1)Cc1ccccc1-2.c1ccc2c(c1)Cc1ccccc1-2. The van der Waals surface area contributed by atoms with Crippen LogP contribution in [0.2, 0.25) is 0 Å². The Hall–Kier alpha value is -16.0. The van der Waals surface area contributed by atoms with Crippen LogP contribution in [-0.4, -0.2) is 29.9 Å². The van der Waals surface area contributed by atoms with Crippen LogP contribution in [0, 0.1) is 27.7 Å². The molecule has 0 aliphatic heterocycles. The van der Waals surface area contributed by atoms with E-state index in [2.05, 4.69) is 367 Å². The van der Waals surface area contributed by atoms with Crippen molar-refractivity contribution < 1.29 is 0 Å². The molecule has 0 amide bonds. The minimum atomic E-state index is 0.664. The van der Waals surface area contributed by atoms with E-state index in [4.69, 9.17) is 29.9 Å². The van der Waals surface area contributed by atoms with Crippen LogP contribution in [0.25, 0.3) is 157 Å². The molecule has 24 rings (SSSR count). The summed E-state index contributed by atoms with van der Waals surface area (Å²) in [6.07, 6.45) is 4.11. The predicted molar refractivity (Wildman–Crippen MR) is 577 cm³/mol. The summed E-state index contributed by atoms with van der Waals surface area (Å²) in [5.74, 6) is 4.01. The van der Waals surface area contributed by atoms with Crippen LogP contribution in [0.5, 0.6) is 0 Å². The second kappa shape index (κ2) is 46.9. The summed E-state index contributed by atoms with van der Waals surface area (Å²) < 4.78 is 0. The minimum Gasteiger partial charge on any atom is -0.208 e. The molecule has 4 aliphatic rings. The van der Waals surface area contributed by atoms with E-state index in [1.807, 2.05) is 165 Å². The van der Waals surface area contributed by atoms with Crippen molar-refractivity contribution >= 4 is 0 Å². The van der Waals surface area contributed by atoms with Crippen molar-refractivity contribution in [1.82, 2.24) is 29.9 Å². The molecule has 4 aliphatic carbocycles. The van der Waals surface area contributed by atoms with E-state index in [0.717, 1.165) is 70.2 Å². The maximum Gasteiger partial charge on any atom is 0.164 e. The Morgan fingerprint density at radius 2 is 0.324 bits per heavy atom. The Morgan fingerprint density at radius 3 is 0.632 bits per heavy atom. The van der Waals surface area contributed by atoms with Gasteiger partial charge in [0, 0.05) is 33.4 Å². The summed E-state index contributed by atoms with van der Waals surface area (Å²) in [5.41, 5.74) is 42.8. The molecule has 0 atom stereocenters. The van der Waals surface area contributed by atoms with Gasteiger partial charge in [0.15, 0.2) is 34.9 Å². The Labute approximate surface area is 806 Å². The van der Waals surface area contributed by atoms with Gasteiger partial charge in [0.1, 0.15) is 0 Å². The van der Waals surface area contributed by atoms with Crippen molar-refractivity contribution in [3.05, 3.63) is 516 Å². The number of aryl methyl sites for hydroxylation is 4. The maximum absolute atomic E-state index is 4.97. The Balaban J connectivity index is 0.000000140. The van der Waals surface area contributed by atoms with E-state index in [9.17, 15) is 0 Å². The van der Waals surface area contributed by atoms with Gasteiger partial charge in [-0.25, -0.2) is 29.9 Å². The average molecular weight is 1760 g/mol. The molecule has 0 saturated carbocycles. The van der Waals surface area contributed by atoms with Crippen LogP contribution < -0.4 is 0 Å². The van der Waals surface area contributed by atoms with Gasteiger partial charge in [-0.05, 0) is 223 Å². The fourth-order valence-electron chi connectivity index (χ4n) is 17.5. The van der Waals surface area contributed by atoms with Crippen molar-refractivity contribution in [2.75, 3.05) is 0 Å². The third-order valence-electron chi connectivity index (χ3n) is 24.1. The van der Waals surface area contributed by atoms with Crippen LogP contribution in [0.3, 0.4) is 0 Å². The second-order valence-electron chi connectivity index (χ2n) is 33.1. The molecule has 20 aromatic rings. The van der Waals surface area contributed by atoms with E-state index in [1.54, 1.807) is 0 Å². The first-order valence-electron chi connectivity index (χ1n) is 48.0. The molecule has 0 radical (unpaired) electrons. The molecular formula is C130H118N6. The van der Waals surface area contributed by atoms with Crippen LogP contribution in [0.4, 0.5) is 0 Å². The zero-order valence-corrected chi connectivity index (χ0v) is 80.2. The van der Waals surface area contributed by atoms with Crippen molar-refractivity contribution in [3.63, 3.8) is 0 Å². The summed E-state index contributed by atoms with van der Waals surface area (Å²) >= 11 is 0. The van der Waals surface area contributed by atoms with Crippen LogP contribution in [0.15, 0.2) is 449 Å². The predicted octanol–water partition coefficient (Wildman–Crippen LogP) is 34.8. The van der Waals surface area contributed by atoms with Crippen molar-refractivity contribution in [2.45, 2.75) is 109 Å². The van der Waals surface area contributed by atoms with Gasteiger partial charge in [0.25, 0.3) is 0 Å². The van der Waals surface area contributed by atoms with Crippen LogP contribution >= 0.6 is 0 Å². The smallest absolute Gasteiger partial charge is 0.164 e. The van der Waals surface area contributed by atoms with Gasteiger partial charge >= 0.3 is 0 Å². The van der Waals surface area contributed by atoms with Gasteiger partial charge in [-0.15, -0.1) is 0 Å². The Morgan fingerprint density at radius 1 is 0.125 bits per heavy atom. The number of benzene rings is 18. The lowest BCUT2D eigenvalue weighted by Crippen LogP contribution is -2.00. The first-order valence-corrected chi connectivity index (χ1v) is 48.0. The highest BCUT2D eigenvalue weighted by atomic mass is 15.0. The molecule has 0 saturated heterocycles. The van der Waals surface area contributed by atoms with Crippen molar-refractivity contribution in [1.29, 1.82) is 0 Å². The van der Waals surface area contributed by atoms with Gasteiger partial charge in [-0.3, -0.25) is 0 Å². The molecule has 0 N–H and O–H groups in total. The lowest BCUT2D eigenvalue weighted by molar-refractivity contribution is 1.07. The fourth-order valence-corrected chi connectivity index (χ4v) is 17.5. The summed E-state index contributed by atoms with van der Waals surface area (Å²) in [5, 5.41) is 0. The van der Waals surface area contributed by atoms with Gasteiger partial charge in [-0.2, -0.15) is 0 Å². The van der Waals surface area contributed by atoms with Crippen molar-refractivity contribution in [3.8, 4) is 157 Å². The number of aromatic nitrogens is 6. The topological polar surface area (TPSA) is 77.3 Å². The van der Waals surface area contributed by atoms with Crippen LogP contribution in [0.1, 0.15) is 122 Å². The number of fused-ring (bicyclic) bond motifs is 12. The Bertz CT molecular complexity index is 7120. The average Bonchev–Trinajstić information content (AvgIpc) is 1.64. The molecule has 6 heteroatoms. The molecule has 6 nitrogen and oxygen atoms in total. The van der Waals surface area contributed by atoms with E-state index < -0.39 is 0 Å². The zero-order chi connectivity index (χ0) is 94.5. The van der Waals surface area contributed by atoms with E-state index in [-0.39, 0.29) is 0 Å². The summed E-state index contributed by atoms with van der Waals surface area (Å²) in [4.78, 5) is 29.6. The lowest BCUT2D eigenvalue weighted by atomic mass is 9.96. The largest absolute Gasteiger partial charge is 0.208 e. The summed E-state index contributed by atoms with van der Waals surface area (Å²) in [6.45, 7) is 24.3. The van der Waals surface area contributed by atoms with E-state index >= 15 is 0 Å². The number of hydrogen-bond acceptors (Lipinski definition) is 6. The number of rotatable bonds is 10. The maximum atomic E-state index is 4.97. The third kappa shape index (κ3) is 23.2. The van der Waals surface area contributed by atoms with Crippen LogP contribution in [-0.2, 0) is 25.7 Å². The standard InChI is InChI=1S/2C41H29N3.2C13H10.2C7H8.4C2H6/c1-27-10-8-16-34(22-27)40-42-39(29-13-6-3-7-14-29)43-41(44-40)35-17-9-15-30(23-35)31-20-21-37-36(24-31)25-33-19-18-32(26-38(33)37)28-11-4-2-5-12-28;1-27-10-8-16-34(22-27)40-42-39(29-13-6-3-7-14-29)43-41(44-40)35-17-9-15-30(23-35)32-18-19-33-25-36-24-31(28-11-4-2-5-12-28)20-21-37(36)38(33)26-32;2*1-3-7-12-10(5-1)9-11-6-2-4-8-13(11)12;2*1-7-5-3-2-4-6-7;4*1-2/h2*2-24,26H,25H2,1H3;2*1-8H,9H2;2*2-6H,1H3;4*1-2H3. The van der Waals surface area contributed by atoms with Gasteiger partial charge < -0.3 is 0 Å². The van der Waals surface area contributed by atoms with E-state index in [1.165, 1.54) is 145 Å². The molecule has 0 fully saturated rings. The fraction of sp³-hybridized carbons (Fsp3) is 0.123. The van der Waals surface area contributed by atoms with E-state index in [0.29, 0.717) is 34.9 Å². The van der Waals surface area contributed by atoms with Gasteiger partial charge in [-0.1, -0.05) is 490 Å². The van der Waals surface area contributed by atoms with Gasteiger partial charge in [0.2, 0.25) is 0 Å². The summed E-state index contributed by atoms with van der Waals surface area (Å²) in [7, 11) is 0. The van der Waals surface area contributed by atoms with Crippen molar-refractivity contribution in [2.24, 2.45) is 0 Å². The molecular weight excluding hydrogens is 1650 g/mol. The molecule has 18 aromatic carbocycles.